The first-order valence-electron chi connectivity index (χ1n) is 12.5. The van der Waals surface area contributed by atoms with E-state index in [0.29, 0.717) is 41.8 Å². The number of carbonyl (C=O) groups is 2. The first kappa shape index (κ1) is 23.9. The lowest BCUT2D eigenvalue weighted by Gasteiger charge is -2.30. The minimum absolute atomic E-state index is 0.00774. The third kappa shape index (κ3) is 5.87. The maximum atomic E-state index is 12.8. The van der Waals surface area contributed by atoms with Crippen molar-refractivity contribution < 1.29 is 19.1 Å². The molecule has 2 aromatic carbocycles. The van der Waals surface area contributed by atoms with Crippen LogP contribution in [0.25, 0.3) is 0 Å². The summed E-state index contributed by atoms with van der Waals surface area (Å²) in [7, 11) is -0.520. The average Bonchev–Trinajstić information content (AvgIpc) is 3.59. The van der Waals surface area contributed by atoms with E-state index in [-0.39, 0.29) is 11.6 Å². The summed E-state index contributed by atoms with van der Waals surface area (Å²) >= 11 is 0. The van der Waals surface area contributed by atoms with Gasteiger partial charge in [-0.05, 0) is 18.5 Å². The van der Waals surface area contributed by atoms with Gasteiger partial charge in [0.05, 0.1) is 0 Å². The van der Waals surface area contributed by atoms with Crippen molar-refractivity contribution in [1.29, 1.82) is 0 Å². The third-order valence-electron chi connectivity index (χ3n) is 6.90. The Morgan fingerprint density at radius 2 is 1.17 bits per heavy atom. The van der Waals surface area contributed by atoms with E-state index in [4.69, 9.17) is 9.47 Å². The monoisotopic (exact) mass is 490 g/mol. The lowest BCUT2D eigenvalue weighted by Crippen LogP contribution is -2.20. The summed E-state index contributed by atoms with van der Waals surface area (Å²) in [6.07, 6.45) is 7.64. The van der Waals surface area contributed by atoms with Gasteiger partial charge in [-0.2, -0.15) is 0 Å². The highest BCUT2D eigenvalue weighted by Gasteiger charge is 2.34. The highest BCUT2D eigenvalue weighted by atomic mass is 31.1. The molecule has 6 nitrogen and oxygen atoms in total. The van der Waals surface area contributed by atoms with Gasteiger partial charge in [0.25, 0.3) is 0 Å². The van der Waals surface area contributed by atoms with Crippen LogP contribution in [0.5, 0.6) is 0 Å². The van der Waals surface area contributed by atoms with E-state index in [1.165, 1.54) is 32.1 Å². The number of Topliss-reactive ketones (excluding diaryl/α,β-unsaturated/α-hetero) is 2. The molecule has 35 heavy (non-hydrogen) atoms. The van der Waals surface area contributed by atoms with Gasteiger partial charge in [0, 0.05) is 23.5 Å². The molecule has 1 unspecified atom stereocenters. The smallest absolute Gasteiger partial charge is 0.190 e. The van der Waals surface area contributed by atoms with Gasteiger partial charge in [-0.3, -0.25) is 9.59 Å². The molecule has 0 spiro atoms. The number of carbonyl (C=O) groups excluding carboxylic acids is 2. The van der Waals surface area contributed by atoms with Crippen LogP contribution in [0.15, 0.2) is 70.6 Å². The Bertz CT molecular complexity index is 1020. The molecule has 0 bridgehead atoms. The molecule has 1 saturated carbocycles. The predicted octanol–water partition coefficient (Wildman–Crippen LogP) is 5.16. The van der Waals surface area contributed by atoms with Crippen LogP contribution in [-0.2, 0) is 9.47 Å². The molecule has 1 fully saturated rings. The Kier molecular flexibility index (Phi) is 7.68. The number of aliphatic imine (C=N–C) groups is 2. The van der Waals surface area contributed by atoms with E-state index in [1.807, 2.05) is 60.7 Å². The summed E-state index contributed by atoms with van der Waals surface area (Å²) in [5.41, 5.74) is 1.94. The lowest BCUT2D eigenvalue weighted by molar-refractivity contribution is 0.0940. The molecule has 0 saturated heterocycles. The summed E-state index contributed by atoms with van der Waals surface area (Å²) in [5.74, 6) is 1.39. The van der Waals surface area contributed by atoms with Crippen molar-refractivity contribution in [3.63, 3.8) is 0 Å². The highest BCUT2D eigenvalue weighted by Crippen LogP contribution is 2.48. The molecule has 3 atom stereocenters. The van der Waals surface area contributed by atoms with E-state index in [1.54, 1.807) is 0 Å². The van der Waals surface area contributed by atoms with E-state index in [0.717, 1.165) is 12.3 Å². The number of hydrogen-bond acceptors (Lipinski definition) is 6. The van der Waals surface area contributed by atoms with Crippen LogP contribution in [0, 0.1) is 0 Å². The molecule has 3 aliphatic rings. The third-order valence-corrected chi connectivity index (χ3v) is 9.81. The van der Waals surface area contributed by atoms with Crippen molar-refractivity contribution in [2.24, 2.45) is 9.98 Å². The molecule has 0 N–H and O–H groups in total. The van der Waals surface area contributed by atoms with Crippen LogP contribution in [0.1, 0.15) is 52.8 Å². The zero-order valence-electron chi connectivity index (χ0n) is 19.8. The standard InChI is InChI=1S/C28H31N2O4P/c31-27(20-10-4-1-5-11-20)23-16-33-25(29-23)18-35(22-14-8-3-9-15-22)19-26-30-24(17-34-26)28(32)21-12-6-2-7-13-21/h1-2,4-7,10-13,22-24H,3,8-9,14-19H2/t23-,24+,35?. The maximum Gasteiger partial charge on any atom is 0.190 e. The van der Waals surface area contributed by atoms with Crippen LogP contribution in [0.2, 0.25) is 0 Å². The SMILES string of the molecule is O=C(c1ccccc1)[C@@H]1COC(CP(CC2=N[C@@H](C(=O)c3ccccc3)CO2)C2CCCCC2)=N1. The van der Waals surface area contributed by atoms with E-state index in [9.17, 15) is 9.59 Å². The van der Waals surface area contributed by atoms with E-state index >= 15 is 0 Å². The molecule has 7 heteroatoms. The van der Waals surface area contributed by atoms with Crippen LogP contribution in [0.4, 0.5) is 0 Å². The summed E-state index contributed by atoms with van der Waals surface area (Å²) < 4.78 is 11.8. The van der Waals surface area contributed by atoms with Gasteiger partial charge in [-0.1, -0.05) is 87.8 Å². The van der Waals surface area contributed by atoms with Crippen molar-refractivity contribution >= 4 is 31.3 Å². The van der Waals surface area contributed by atoms with Crippen molar-refractivity contribution in [2.75, 3.05) is 25.5 Å². The second-order valence-corrected chi connectivity index (χ2v) is 11.9. The summed E-state index contributed by atoms with van der Waals surface area (Å²) in [4.78, 5) is 35.0. The quantitative estimate of drug-likeness (QED) is 0.359. The number of hydrogen-bond donors (Lipinski definition) is 0. The molecule has 0 radical (unpaired) electrons. The largest absolute Gasteiger partial charge is 0.478 e. The molecule has 2 heterocycles. The van der Waals surface area contributed by atoms with Gasteiger partial charge >= 0.3 is 0 Å². The van der Waals surface area contributed by atoms with Crippen LogP contribution in [-0.4, -0.2) is 66.6 Å². The molecule has 0 aromatic heterocycles. The molecule has 5 rings (SSSR count). The summed E-state index contributed by atoms with van der Waals surface area (Å²) in [5, 5.41) is 0. The summed E-state index contributed by atoms with van der Waals surface area (Å²) in [6.45, 7) is 0.615. The molecular weight excluding hydrogens is 459 g/mol. The molecule has 182 valence electrons. The number of ketones is 2. The van der Waals surface area contributed by atoms with Gasteiger partial charge in [-0.15, -0.1) is 0 Å². The van der Waals surface area contributed by atoms with Crippen molar-refractivity contribution in [3.8, 4) is 0 Å². The fourth-order valence-electron chi connectivity index (χ4n) is 4.99. The average molecular weight is 491 g/mol. The van der Waals surface area contributed by atoms with Gasteiger partial charge < -0.3 is 9.47 Å². The maximum absolute atomic E-state index is 12.8. The fraction of sp³-hybridized carbons (Fsp3) is 0.429. The molecule has 2 aromatic rings. The first-order chi connectivity index (χ1) is 17.2. The van der Waals surface area contributed by atoms with Gasteiger partial charge in [0.1, 0.15) is 13.2 Å². The first-order valence-corrected chi connectivity index (χ1v) is 14.3. The normalized spacial score (nSPS) is 23.1. The Hall–Kier alpha value is -2.85. The Labute approximate surface area is 207 Å². The Balaban J connectivity index is 1.27. The van der Waals surface area contributed by atoms with Gasteiger partial charge in [-0.25, -0.2) is 9.98 Å². The van der Waals surface area contributed by atoms with Crippen LogP contribution < -0.4 is 0 Å². The van der Waals surface area contributed by atoms with Crippen LogP contribution >= 0.6 is 7.92 Å². The summed E-state index contributed by atoms with van der Waals surface area (Å²) in [6, 6.07) is 17.7. The lowest BCUT2D eigenvalue weighted by atomic mass is 10.0. The molecular formula is C28H31N2O4P. The van der Waals surface area contributed by atoms with E-state index < -0.39 is 20.0 Å². The zero-order valence-corrected chi connectivity index (χ0v) is 20.7. The van der Waals surface area contributed by atoms with E-state index in [2.05, 4.69) is 9.98 Å². The Morgan fingerprint density at radius 1 is 0.714 bits per heavy atom. The predicted molar refractivity (Wildman–Crippen MR) is 139 cm³/mol. The van der Waals surface area contributed by atoms with Crippen molar-refractivity contribution in [3.05, 3.63) is 71.8 Å². The van der Waals surface area contributed by atoms with Gasteiger partial charge in [0.15, 0.2) is 35.4 Å². The van der Waals surface area contributed by atoms with Crippen LogP contribution in [0.3, 0.4) is 0 Å². The molecule has 0 amide bonds. The second kappa shape index (κ2) is 11.3. The number of benzene rings is 2. The minimum atomic E-state index is -0.520. The highest BCUT2D eigenvalue weighted by molar-refractivity contribution is 7.60. The van der Waals surface area contributed by atoms with Crippen molar-refractivity contribution in [2.45, 2.75) is 49.8 Å². The zero-order chi connectivity index (χ0) is 24.0. The topological polar surface area (TPSA) is 77.3 Å². The van der Waals surface area contributed by atoms with Gasteiger partial charge in [0.2, 0.25) is 0 Å². The molecule has 2 aliphatic heterocycles. The Morgan fingerprint density at radius 3 is 1.63 bits per heavy atom. The van der Waals surface area contributed by atoms with Crippen molar-refractivity contribution in [1.82, 2.24) is 0 Å². The fourth-order valence-corrected chi connectivity index (χ4v) is 7.75. The number of rotatable bonds is 9. The second-order valence-electron chi connectivity index (χ2n) is 9.36. The minimum Gasteiger partial charge on any atom is -0.478 e. The molecule has 1 aliphatic carbocycles. The number of nitrogens with zero attached hydrogens (tertiary/aromatic N) is 2. The number of ether oxygens (including phenoxy) is 2.